The van der Waals surface area contributed by atoms with E-state index in [2.05, 4.69) is 21.0 Å². The van der Waals surface area contributed by atoms with Crippen LogP contribution in [0.2, 0.25) is 5.02 Å². The first-order valence-electron chi connectivity index (χ1n) is 16.9. The second-order valence-corrected chi connectivity index (χ2v) is 14.3. The first-order chi connectivity index (χ1) is 24.4. The molecular weight excluding hydrogens is 678 g/mol. The second kappa shape index (κ2) is 17.3. The third-order valence-corrected chi connectivity index (χ3v) is 9.21. The molecule has 51 heavy (non-hydrogen) atoms. The molecule has 1 aromatic heterocycles. The summed E-state index contributed by atoms with van der Waals surface area (Å²) < 4.78 is 21.8. The fourth-order valence-electron chi connectivity index (χ4n) is 6.16. The van der Waals surface area contributed by atoms with E-state index in [0.29, 0.717) is 11.6 Å². The Kier molecular flexibility index (Phi) is 12.9. The van der Waals surface area contributed by atoms with E-state index in [1.807, 2.05) is 69.3 Å². The minimum Gasteiger partial charge on any atom is -0.453 e. The van der Waals surface area contributed by atoms with Crippen molar-refractivity contribution in [3.8, 4) is 11.1 Å². The van der Waals surface area contributed by atoms with E-state index in [0.717, 1.165) is 28.7 Å². The molecule has 0 radical (unpaired) electrons. The number of halogens is 1. The van der Waals surface area contributed by atoms with Crippen LogP contribution in [0.5, 0.6) is 0 Å². The van der Waals surface area contributed by atoms with Crippen molar-refractivity contribution in [2.75, 3.05) is 26.9 Å². The van der Waals surface area contributed by atoms with Crippen molar-refractivity contribution >= 4 is 29.7 Å². The summed E-state index contributed by atoms with van der Waals surface area (Å²) in [6.45, 7) is 6.26. The van der Waals surface area contributed by atoms with Gasteiger partial charge in [-0.1, -0.05) is 74.8 Å². The van der Waals surface area contributed by atoms with Gasteiger partial charge < -0.3 is 34.7 Å². The number of aliphatic hydroxyl groups excluding tert-OH is 1. The van der Waals surface area contributed by atoms with Crippen LogP contribution in [0.25, 0.3) is 11.1 Å². The van der Waals surface area contributed by atoms with Gasteiger partial charge in [-0.15, -0.1) is 0 Å². The van der Waals surface area contributed by atoms with Gasteiger partial charge in [0.05, 0.1) is 38.4 Å². The second-order valence-electron chi connectivity index (χ2n) is 13.8. The van der Waals surface area contributed by atoms with Crippen LogP contribution in [0.3, 0.4) is 0 Å². The summed E-state index contributed by atoms with van der Waals surface area (Å²) >= 11 is 6.13. The lowest BCUT2D eigenvalue weighted by molar-refractivity contribution is -0.131. The summed E-state index contributed by atoms with van der Waals surface area (Å²) in [4.78, 5) is 43.4. The maximum Gasteiger partial charge on any atom is 0.407 e. The first-order valence-corrected chi connectivity index (χ1v) is 17.3. The van der Waals surface area contributed by atoms with Crippen LogP contribution in [-0.4, -0.2) is 90.6 Å². The number of hydrogen-bond acceptors (Lipinski definition) is 10. The van der Waals surface area contributed by atoms with Crippen molar-refractivity contribution in [3.63, 3.8) is 0 Å². The number of ether oxygens (including phenoxy) is 4. The summed E-state index contributed by atoms with van der Waals surface area (Å²) in [6.07, 6.45) is 0.931. The molecule has 2 fully saturated rings. The standard InChI is InChI=1S/C37H46ClN5O8/c1-37(2,3)32(41-35(46)48-4)33(45)42-43(20-24-9-13-27(38)14-10-24)21-30(44)29(40-36(47)51-31-22-50-34-28(31)15-17-49-34)18-23-7-11-25(12-8-23)26-6-5-16-39-19-26/h5-14,16,19,28-32,34,44H,15,17-18,20-22H2,1-4H3,(H,40,47)(H,41,46)(H,42,45). The summed E-state index contributed by atoms with van der Waals surface area (Å²) in [5.74, 6) is -0.572. The molecule has 0 spiro atoms. The SMILES string of the molecule is COC(=O)NC(C(=O)NN(Cc1ccc(Cl)cc1)CC(O)C(Cc1ccc(-c2cccnc2)cc1)NC(=O)OC1COC2OCCC12)C(C)(C)C. The Morgan fingerprint density at radius 1 is 1.00 bits per heavy atom. The number of alkyl carbamates (subject to hydrolysis) is 2. The van der Waals surface area contributed by atoms with E-state index in [1.54, 1.807) is 29.5 Å². The number of benzene rings is 2. The zero-order chi connectivity index (χ0) is 36.5. The predicted octanol–water partition coefficient (Wildman–Crippen LogP) is 4.47. The number of amides is 3. The van der Waals surface area contributed by atoms with E-state index in [9.17, 15) is 19.5 Å². The smallest absolute Gasteiger partial charge is 0.407 e. The van der Waals surface area contributed by atoms with E-state index >= 15 is 0 Å². The van der Waals surface area contributed by atoms with Crippen molar-refractivity contribution in [3.05, 3.63) is 89.2 Å². The van der Waals surface area contributed by atoms with Gasteiger partial charge in [-0.2, -0.15) is 0 Å². The molecule has 6 atom stereocenters. The fourth-order valence-corrected chi connectivity index (χ4v) is 6.29. The Balaban J connectivity index is 1.36. The summed E-state index contributed by atoms with van der Waals surface area (Å²) in [6, 6.07) is 16.9. The molecule has 3 amide bonds. The van der Waals surface area contributed by atoms with Crippen LogP contribution in [0.1, 0.15) is 38.3 Å². The fraction of sp³-hybridized carbons (Fsp3) is 0.459. The van der Waals surface area contributed by atoms with Gasteiger partial charge in [-0.3, -0.25) is 15.2 Å². The van der Waals surface area contributed by atoms with Gasteiger partial charge in [0.25, 0.3) is 5.91 Å². The summed E-state index contributed by atoms with van der Waals surface area (Å²) in [5, 5.41) is 19.4. The largest absolute Gasteiger partial charge is 0.453 e. The molecule has 0 bridgehead atoms. The van der Waals surface area contributed by atoms with Crippen molar-refractivity contribution in [1.82, 2.24) is 26.1 Å². The molecular formula is C37H46ClN5O8. The molecule has 2 saturated heterocycles. The predicted molar refractivity (Wildman–Crippen MR) is 189 cm³/mol. The lowest BCUT2D eigenvalue weighted by Crippen LogP contribution is -2.59. The monoisotopic (exact) mass is 723 g/mol. The number of fused-ring (bicyclic) bond motifs is 1. The minimum atomic E-state index is -1.20. The molecule has 2 aliphatic rings. The molecule has 2 aromatic carbocycles. The number of nitrogens with one attached hydrogen (secondary N) is 3. The Labute approximate surface area is 302 Å². The number of hydrogen-bond donors (Lipinski definition) is 4. The number of carbonyl (C=O) groups excluding carboxylic acids is 3. The molecule has 2 aliphatic heterocycles. The molecule has 13 nitrogen and oxygen atoms in total. The highest BCUT2D eigenvalue weighted by atomic mass is 35.5. The Morgan fingerprint density at radius 3 is 2.39 bits per heavy atom. The molecule has 14 heteroatoms. The van der Waals surface area contributed by atoms with Gasteiger partial charge in [0.15, 0.2) is 6.29 Å². The molecule has 274 valence electrons. The van der Waals surface area contributed by atoms with Gasteiger partial charge in [0.2, 0.25) is 0 Å². The van der Waals surface area contributed by atoms with Gasteiger partial charge in [0, 0.05) is 30.5 Å². The lowest BCUT2D eigenvalue weighted by Gasteiger charge is -2.34. The highest BCUT2D eigenvalue weighted by Crippen LogP contribution is 2.33. The molecule has 6 unspecified atom stereocenters. The average molecular weight is 724 g/mol. The number of carbonyl (C=O) groups is 3. The number of aliphatic hydroxyl groups is 1. The summed E-state index contributed by atoms with van der Waals surface area (Å²) in [7, 11) is 1.22. The molecule has 3 heterocycles. The third kappa shape index (κ3) is 10.6. The van der Waals surface area contributed by atoms with E-state index in [4.69, 9.17) is 30.5 Å². The molecule has 3 aromatic rings. The maximum atomic E-state index is 13.7. The van der Waals surface area contributed by atoms with Crippen LogP contribution < -0.4 is 16.1 Å². The Hall–Kier alpha value is -4.27. The zero-order valence-corrected chi connectivity index (χ0v) is 30.0. The summed E-state index contributed by atoms with van der Waals surface area (Å²) in [5.41, 5.74) is 5.76. The van der Waals surface area contributed by atoms with Crippen LogP contribution >= 0.6 is 11.6 Å². The average Bonchev–Trinajstić information content (AvgIpc) is 3.73. The molecule has 4 N–H and O–H groups in total. The normalized spacial score (nSPS) is 20.2. The van der Waals surface area contributed by atoms with Crippen LogP contribution in [0, 0.1) is 11.3 Å². The van der Waals surface area contributed by atoms with Crippen LogP contribution in [-0.2, 0) is 36.7 Å². The molecule has 5 rings (SSSR count). The highest BCUT2D eigenvalue weighted by Gasteiger charge is 2.44. The number of rotatable bonds is 13. The van der Waals surface area contributed by atoms with E-state index in [1.165, 1.54) is 7.11 Å². The van der Waals surface area contributed by atoms with Gasteiger partial charge >= 0.3 is 12.2 Å². The minimum absolute atomic E-state index is 0.0569. The number of hydrazine groups is 1. The number of aromatic nitrogens is 1. The van der Waals surface area contributed by atoms with Crippen LogP contribution in [0.4, 0.5) is 9.59 Å². The van der Waals surface area contributed by atoms with Crippen LogP contribution in [0.15, 0.2) is 73.1 Å². The maximum absolute atomic E-state index is 13.7. The van der Waals surface area contributed by atoms with E-state index < -0.39 is 54.1 Å². The molecule has 0 aliphatic carbocycles. The lowest BCUT2D eigenvalue weighted by atomic mass is 9.86. The van der Waals surface area contributed by atoms with Gasteiger partial charge in [-0.25, -0.2) is 14.6 Å². The first kappa shape index (κ1) is 38.0. The Bertz CT molecular complexity index is 1610. The van der Waals surface area contributed by atoms with Gasteiger partial charge in [-0.05, 0) is 58.7 Å². The van der Waals surface area contributed by atoms with Crippen molar-refractivity contribution in [2.24, 2.45) is 11.3 Å². The van der Waals surface area contributed by atoms with Crippen molar-refractivity contribution in [2.45, 2.75) is 70.7 Å². The topological polar surface area (TPSA) is 161 Å². The third-order valence-electron chi connectivity index (χ3n) is 8.95. The zero-order valence-electron chi connectivity index (χ0n) is 29.2. The number of pyridine rings is 1. The van der Waals surface area contributed by atoms with Crippen molar-refractivity contribution < 1.29 is 38.4 Å². The Morgan fingerprint density at radius 2 is 1.73 bits per heavy atom. The van der Waals surface area contributed by atoms with E-state index in [-0.39, 0.29) is 32.0 Å². The highest BCUT2D eigenvalue weighted by molar-refractivity contribution is 6.30. The number of nitrogens with zero attached hydrogens (tertiary/aromatic N) is 2. The number of methoxy groups -OCH3 is 1. The quantitative estimate of drug-likeness (QED) is 0.185. The van der Waals surface area contributed by atoms with Gasteiger partial charge in [0.1, 0.15) is 12.1 Å². The van der Waals surface area contributed by atoms with Crippen molar-refractivity contribution in [1.29, 1.82) is 0 Å². The molecule has 0 saturated carbocycles.